The Bertz CT molecular complexity index is 647. The lowest BCUT2D eigenvalue weighted by Gasteiger charge is -2.02. The molecule has 0 saturated carbocycles. The topological polar surface area (TPSA) is 30.0 Å². The smallest absolute Gasteiger partial charge is 0.188 e. The minimum atomic E-state index is -0.0167. The molecular formula is C16H14ClNO. The molecule has 0 N–H and O–H groups in total. The summed E-state index contributed by atoms with van der Waals surface area (Å²) in [6.07, 6.45) is 3.59. The fourth-order valence-electron chi connectivity index (χ4n) is 1.83. The van der Waals surface area contributed by atoms with Crippen LogP contribution < -0.4 is 0 Å². The molecule has 0 aliphatic heterocycles. The highest BCUT2D eigenvalue weighted by atomic mass is 35.5. The van der Waals surface area contributed by atoms with Crippen molar-refractivity contribution in [2.75, 3.05) is 0 Å². The Morgan fingerprint density at radius 3 is 2.74 bits per heavy atom. The highest BCUT2D eigenvalue weighted by Crippen LogP contribution is 2.16. The zero-order valence-corrected chi connectivity index (χ0v) is 11.6. The lowest BCUT2D eigenvalue weighted by atomic mass is 10.0. The van der Waals surface area contributed by atoms with Crippen LogP contribution in [0.1, 0.15) is 28.5 Å². The molecule has 0 saturated heterocycles. The first-order chi connectivity index (χ1) is 9.06. The molecule has 0 aliphatic carbocycles. The number of Topliss-reactive ketones (excluding diaryl/α,β-unsaturated/α-hetero) is 1. The molecule has 0 bridgehead atoms. The number of benzene rings is 1. The lowest BCUT2D eigenvalue weighted by Crippen LogP contribution is -2.00. The van der Waals surface area contributed by atoms with Crippen LogP contribution in [0.25, 0.3) is 6.08 Å². The van der Waals surface area contributed by atoms with Crippen molar-refractivity contribution >= 4 is 23.5 Å². The molecule has 0 atom stereocenters. The number of carbonyl (C=O) groups is 1. The predicted octanol–water partition coefficient (Wildman–Crippen LogP) is 4.33. The molecule has 3 heteroatoms. The summed E-state index contributed by atoms with van der Waals surface area (Å²) in [6, 6.07) is 10.8. The van der Waals surface area contributed by atoms with Crippen LogP contribution in [0.4, 0.5) is 0 Å². The molecule has 2 aromatic rings. The molecular weight excluding hydrogens is 258 g/mol. The lowest BCUT2D eigenvalue weighted by molar-refractivity contribution is 0.103. The monoisotopic (exact) mass is 271 g/mol. The second-order valence-corrected chi connectivity index (χ2v) is 4.83. The van der Waals surface area contributed by atoms with Crippen molar-refractivity contribution in [1.29, 1.82) is 0 Å². The SMILES string of the molecule is C/C(=C/c1ccnc(C)c1)C(=O)c1cccc(Cl)c1. The van der Waals surface area contributed by atoms with Gasteiger partial charge in [-0.1, -0.05) is 23.7 Å². The molecule has 0 fully saturated rings. The summed E-state index contributed by atoms with van der Waals surface area (Å²) in [5, 5.41) is 0.568. The molecule has 0 spiro atoms. The van der Waals surface area contributed by atoms with Crippen LogP contribution in [0.3, 0.4) is 0 Å². The van der Waals surface area contributed by atoms with Crippen molar-refractivity contribution in [2.24, 2.45) is 0 Å². The maximum Gasteiger partial charge on any atom is 0.188 e. The van der Waals surface area contributed by atoms with E-state index in [4.69, 9.17) is 11.6 Å². The van der Waals surface area contributed by atoms with E-state index in [0.29, 0.717) is 16.2 Å². The second-order valence-electron chi connectivity index (χ2n) is 4.40. The molecule has 96 valence electrons. The van der Waals surface area contributed by atoms with Gasteiger partial charge in [0.15, 0.2) is 5.78 Å². The minimum absolute atomic E-state index is 0.0167. The summed E-state index contributed by atoms with van der Waals surface area (Å²) in [6.45, 7) is 3.73. The van der Waals surface area contributed by atoms with Crippen molar-refractivity contribution in [3.05, 3.63) is 70.0 Å². The number of hydrogen-bond acceptors (Lipinski definition) is 2. The number of pyridine rings is 1. The van der Waals surface area contributed by atoms with E-state index in [2.05, 4.69) is 4.98 Å². The third-order valence-corrected chi connectivity index (χ3v) is 2.98. The van der Waals surface area contributed by atoms with Crippen LogP contribution in [0.5, 0.6) is 0 Å². The van der Waals surface area contributed by atoms with Gasteiger partial charge in [0.1, 0.15) is 0 Å². The molecule has 1 aromatic carbocycles. The number of ketones is 1. The molecule has 2 nitrogen and oxygen atoms in total. The minimum Gasteiger partial charge on any atom is -0.289 e. The number of hydrogen-bond donors (Lipinski definition) is 0. The van der Waals surface area contributed by atoms with Gasteiger partial charge < -0.3 is 0 Å². The first-order valence-electron chi connectivity index (χ1n) is 5.97. The van der Waals surface area contributed by atoms with Crippen molar-refractivity contribution < 1.29 is 4.79 Å². The van der Waals surface area contributed by atoms with Gasteiger partial charge in [-0.25, -0.2) is 0 Å². The van der Waals surface area contributed by atoms with Gasteiger partial charge in [-0.05, 0) is 55.3 Å². The fraction of sp³-hybridized carbons (Fsp3) is 0.125. The van der Waals surface area contributed by atoms with Gasteiger partial charge in [0.05, 0.1) is 0 Å². The molecule has 2 rings (SSSR count). The average molecular weight is 272 g/mol. The predicted molar refractivity (Wildman–Crippen MR) is 78.4 cm³/mol. The van der Waals surface area contributed by atoms with E-state index in [9.17, 15) is 4.79 Å². The van der Waals surface area contributed by atoms with Gasteiger partial charge in [-0.2, -0.15) is 0 Å². The number of halogens is 1. The number of aryl methyl sites for hydroxylation is 1. The quantitative estimate of drug-likeness (QED) is 0.614. The van der Waals surface area contributed by atoms with Gasteiger partial charge in [-0.3, -0.25) is 9.78 Å². The summed E-state index contributed by atoms with van der Waals surface area (Å²) in [5.74, 6) is -0.0167. The first-order valence-corrected chi connectivity index (χ1v) is 6.35. The van der Waals surface area contributed by atoms with Crippen molar-refractivity contribution in [3.8, 4) is 0 Å². The van der Waals surface area contributed by atoms with Gasteiger partial charge in [0.2, 0.25) is 0 Å². The molecule has 1 heterocycles. The van der Waals surface area contributed by atoms with E-state index in [0.717, 1.165) is 11.3 Å². The van der Waals surface area contributed by atoms with Crippen LogP contribution in [-0.4, -0.2) is 10.8 Å². The highest BCUT2D eigenvalue weighted by molar-refractivity contribution is 6.31. The largest absolute Gasteiger partial charge is 0.289 e. The summed E-state index contributed by atoms with van der Waals surface area (Å²) in [4.78, 5) is 16.4. The zero-order chi connectivity index (χ0) is 13.8. The summed E-state index contributed by atoms with van der Waals surface area (Å²) >= 11 is 5.89. The summed E-state index contributed by atoms with van der Waals surface area (Å²) in [5.41, 5.74) is 3.18. The second kappa shape index (κ2) is 5.81. The van der Waals surface area contributed by atoms with Gasteiger partial charge >= 0.3 is 0 Å². The van der Waals surface area contributed by atoms with Gasteiger partial charge in [-0.15, -0.1) is 0 Å². The number of aromatic nitrogens is 1. The van der Waals surface area contributed by atoms with Crippen molar-refractivity contribution in [1.82, 2.24) is 4.98 Å². The molecule has 19 heavy (non-hydrogen) atoms. The Balaban J connectivity index is 2.29. The summed E-state index contributed by atoms with van der Waals surface area (Å²) < 4.78 is 0. The first kappa shape index (κ1) is 13.5. The van der Waals surface area contributed by atoms with Crippen LogP contribution >= 0.6 is 11.6 Å². The normalized spacial score (nSPS) is 11.4. The van der Waals surface area contributed by atoms with E-state index in [-0.39, 0.29) is 5.78 Å². The van der Waals surface area contributed by atoms with Gasteiger partial charge in [0.25, 0.3) is 0 Å². The van der Waals surface area contributed by atoms with Crippen LogP contribution in [0.15, 0.2) is 48.2 Å². The number of rotatable bonds is 3. The molecule has 0 radical (unpaired) electrons. The Morgan fingerprint density at radius 2 is 2.05 bits per heavy atom. The van der Waals surface area contributed by atoms with E-state index in [1.807, 2.05) is 25.1 Å². The number of carbonyl (C=O) groups excluding carboxylic acids is 1. The Morgan fingerprint density at radius 1 is 1.26 bits per heavy atom. The molecule has 0 aliphatic rings. The van der Waals surface area contributed by atoms with Crippen LogP contribution in [-0.2, 0) is 0 Å². The Labute approximate surface area is 117 Å². The Kier molecular flexibility index (Phi) is 4.13. The molecule has 0 amide bonds. The molecule has 1 aromatic heterocycles. The van der Waals surface area contributed by atoms with E-state index in [1.165, 1.54) is 0 Å². The fourth-order valence-corrected chi connectivity index (χ4v) is 2.02. The van der Waals surface area contributed by atoms with Crippen molar-refractivity contribution in [3.63, 3.8) is 0 Å². The van der Waals surface area contributed by atoms with Crippen molar-refractivity contribution in [2.45, 2.75) is 13.8 Å². The molecule has 0 unspecified atom stereocenters. The number of allylic oxidation sites excluding steroid dienone is 1. The van der Waals surface area contributed by atoms with Crippen LogP contribution in [0.2, 0.25) is 5.02 Å². The maximum absolute atomic E-state index is 12.2. The maximum atomic E-state index is 12.2. The third-order valence-electron chi connectivity index (χ3n) is 2.75. The Hall–Kier alpha value is -1.93. The third kappa shape index (κ3) is 3.52. The zero-order valence-electron chi connectivity index (χ0n) is 10.9. The average Bonchev–Trinajstić information content (AvgIpc) is 2.38. The van der Waals surface area contributed by atoms with Crippen LogP contribution in [0, 0.1) is 6.92 Å². The van der Waals surface area contributed by atoms with E-state index in [1.54, 1.807) is 37.4 Å². The van der Waals surface area contributed by atoms with Gasteiger partial charge in [0, 0.05) is 22.5 Å². The highest BCUT2D eigenvalue weighted by Gasteiger charge is 2.08. The summed E-state index contributed by atoms with van der Waals surface area (Å²) in [7, 11) is 0. The van der Waals surface area contributed by atoms with E-state index >= 15 is 0 Å². The number of nitrogens with zero attached hydrogens (tertiary/aromatic N) is 1. The van der Waals surface area contributed by atoms with E-state index < -0.39 is 0 Å². The standard InChI is InChI=1S/C16H14ClNO/c1-11(8-13-6-7-18-12(2)9-13)16(19)14-4-3-5-15(17)10-14/h3-10H,1-2H3/b11-8-.